The van der Waals surface area contributed by atoms with Gasteiger partial charge in [0.2, 0.25) is 0 Å². The zero-order valence-electron chi connectivity index (χ0n) is 9.71. The van der Waals surface area contributed by atoms with E-state index < -0.39 is 0 Å². The van der Waals surface area contributed by atoms with E-state index in [0.717, 1.165) is 5.82 Å². The van der Waals surface area contributed by atoms with Gasteiger partial charge in [0.25, 0.3) is 0 Å². The predicted molar refractivity (Wildman–Crippen MR) is 68.9 cm³/mol. The Bertz CT molecular complexity index is 563. The largest absolute Gasteiger partial charge is 0.341 e. The maximum Gasteiger partial charge on any atom is 0.132 e. The van der Waals surface area contributed by atoms with Crippen LogP contribution in [0.1, 0.15) is 18.7 Å². The van der Waals surface area contributed by atoms with Crippen LogP contribution in [0.2, 0.25) is 5.02 Å². The van der Waals surface area contributed by atoms with E-state index in [1.165, 1.54) is 25.0 Å². The molecule has 2 N–H and O–H groups in total. The Morgan fingerprint density at radius 2 is 2.28 bits per heavy atom. The second-order valence-electron chi connectivity index (χ2n) is 4.52. The molecule has 1 heterocycles. The van der Waals surface area contributed by atoms with Crippen LogP contribution >= 0.6 is 11.6 Å². The first-order valence-electron chi connectivity index (χ1n) is 5.95. The van der Waals surface area contributed by atoms with E-state index in [9.17, 15) is 4.39 Å². The van der Waals surface area contributed by atoms with Crippen molar-refractivity contribution in [2.24, 2.45) is 0 Å². The Morgan fingerprint density at radius 1 is 1.44 bits per heavy atom. The summed E-state index contributed by atoms with van der Waals surface area (Å²) in [6.07, 6.45) is 4.10. The molecule has 18 heavy (non-hydrogen) atoms. The van der Waals surface area contributed by atoms with E-state index in [1.54, 1.807) is 12.3 Å². The van der Waals surface area contributed by atoms with Gasteiger partial charge in [-0.25, -0.2) is 9.37 Å². The summed E-state index contributed by atoms with van der Waals surface area (Å²) < 4.78 is 13.7. The summed E-state index contributed by atoms with van der Waals surface area (Å²) in [4.78, 5) is 7.34. The predicted octanol–water partition coefficient (Wildman–Crippen LogP) is 3.12. The van der Waals surface area contributed by atoms with Crippen molar-refractivity contribution in [1.82, 2.24) is 15.3 Å². The number of aromatic amines is 1. The molecule has 94 valence electrons. The lowest BCUT2D eigenvalue weighted by Crippen LogP contribution is -2.16. The molecule has 0 amide bonds. The van der Waals surface area contributed by atoms with Crippen LogP contribution in [-0.4, -0.2) is 16.0 Å². The fourth-order valence-electron chi connectivity index (χ4n) is 1.82. The molecule has 0 aliphatic heterocycles. The van der Waals surface area contributed by atoms with Crippen LogP contribution in [0.25, 0.3) is 11.3 Å². The minimum Gasteiger partial charge on any atom is -0.341 e. The van der Waals surface area contributed by atoms with Gasteiger partial charge < -0.3 is 10.3 Å². The van der Waals surface area contributed by atoms with Crippen LogP contribution in [0.4, 0.5) is 4.39 Å². The average Bonchev–Trinajstić information content (AvgIpc) is 3.08. The molecular formula is C13H13ClFN3. The molecule has 1 aliphatic rings. The molecular weight excluding hydrogens is 253 g/mol. The molecule has 3 nitrogen and oxygen atoms in total. The Balaban J connectivity index is 1.80. The van der Waals surface area contributed by atoms with E-state index >= 15 is 0 Å². The number of halogens is 2. The van der Waals surface area contributed by atoms with Gasteiger partial charge in [-0.15, -0.1) is 0 Å². The highest BCUT2D eigenvalue weighted by molar-refractivity contribution is 6.30. The van der Waals surface area contributed by atoms with Gasteiger partial charge >= 0.3 is 0 Å². The molecule has 1 aromatic carbocycles. The standard InChI is InChI=1S/C13H13ClFN3/c14-8-1-4-11(15)10(5-8)12-6-17-13(18-12)7-16-9-2-3-9/h1,4-6,9,16H,2-3,7H2,(H,17,18). The van der Waals surface area contributed by atoms with Gasteiger partial charge in [0, 0.05) is 16.6 Å². The molecule has 3 rings (SSSR count). The summed E-state index contributed by atoms with van der Waals surface area (Å²) in [6, 6.07) is 5.12. The lowest BCUT2D eigenvalue weighted by atomic mass is 10.1. The molecule has 0 radical (unpaired) electrons. The fraction of sp³-hybridized carbons (Fsp3) is 0.308. The molecule has 1 aliphatic carbocycles. The summed E-state index contributed by atoms with van der Waals surface area (Å²) in [5.41, 5.74) is 1.11. The van der Waals surface area contributed by atoms with Gasteiger partial charge in [-0.2, -0.15) is 0 Å². The Labute approximate surface area is 109 Å². The Kier molecular flexibility index (Phi) is 3.06. The molecule has 0 spiro atoms. The lowest BCUT2D eigenvalue weighted by Gasteiger charge is -2.01. The van der Waals surface area contributed by atoms with E-state index in [4.69, 9.17) is 11.6 Å². The number of benzene rings is 1. The van der Waals surface area contributed by atoms with Crippen LogP contribution in [0.5, 0.6) is 0 Å². The third-order valence-corrected chi connectivity index (χ3v) is 3.22. The molecule has 1 fully saturated rings. The first-order valence-corrected chi connectivity index (χ1v) is 6.33. The fourth-order valence-corrected chi connectivity index (χ4v) is 1.99. The highest BCUT2D eigenvalue weighted by Gasteiger charge is 2.20. The average molecular weight is 266 g/mol. The van der Waals surface area contributed by atoms with Crippen LogP contribution in [0, 0.1) is 5.82 Å². The molecule has 0 saturated heterocycles. The van der Waals surface area contributed by atoms with Crippen LogP contribution in [-0.2, 0) is 6.54 Å². The zero-order chi connectivity index (χ0) is 12.5. The molecule has 0 bridgehead atoms. The van der Waals surface area contributed by atoms with E-state index in [-0.39, 0.29) is 5.82 Å². The summed E-state index contributed by atoms with van der Waals surface area (Å²) in [5.74, 6) is 0.515. The molecule has 1 saturated carbocycles. The SMILES string of the molecule is Fc1ccc(Cl)cc1-c1cnc(CNC2CC2)[nH]1. The second kappa shape index (κ2) is 4.71. The third-order valence-electron chi connectivity index (χ3n) is 2.98. The van der Waals surface area contributed by atoms with E-state index in [0.29, 0.717) is 28.9 Å². The van der Waals surface area contributed by atoms with Gasteiger partial charge in [0.1, 0.15) is 11.6 Å². The maximum absolute atomic E-state index is 13.7. The van der Waals surface area contributed by atoms with Gasteiger partial charge in [0.15, 0.2) is 0 Å². The Hall–Kier alpha value is -1.39. The number of rotatable bonds is 4. The number of H-pyrrole nitrogens is 1. The van der Waals surface area contributed by atoms with Crippen LogP contribution < -0.4 is 5.32 Å². The van der Waals surface area contributed by atoms with Crippen molar-refractivity contribution in [3.63, 3.8) is 0 Å². The zero-order valence-corrected chi connectivity index (χ0v) is 10.5. The number of nitrogens with zero attached hydrogens (tertiary/aromatic N) is 1. The summed E-state index contributed by atoms with van der Waals surface area (Å²) in [7, 11) is 0. The summed E-state index contributed by atoms with van der Waals surface area (Å²) in [5, 5.41) is 3.86. The van der Waals surface area contributed by atoms with Gasteiger partial charge in [-0.05, 0) is 31.0 Å². The minimum atomic E-state index is -0.301. The first-order chi connectivity index (χ1) is 8.72. The molecule has 2 aromatic rings. The first kappa shape index (κ1) is 11.7. The quantitative estimate of drug-likeness (QED) is 0.892. The van der Waals surface area contributed by atoms with Crippen molar-refractivity contribution >= 4 is 11.6 Å². The van der Waals surface area contributed by atoms with Crippen LogP contribution in [0.15, 0.2) is 24.4 Å². The van der Waals surface area contributed by atoms with Crippen LogP contribution in [0.3, 0.4) is 0 Å². The van der Waals surface area contributed by atoms with E-state index in [1.807, 2.05) is 0 Å². The monoisotopic (exact) mass is 265 g/mol. The van der Waals surface area contributed by atoms with Gasteiger partial charge in [0.05, 0.1) is 18.4 Å². The number of hydrogen-bond donors (Lipinski definition) is 2. The van der Waals surface area contributed by atoms with Crippen molar-refractivity contribution in [3.8, 4) is 11.3 Å². The van der Waals surface area contributed by atoms with Gasteiger partial charge in [-0.1, -0.05) is 11.6 Å². The Morgan fingerprint density at radius 3 is 3.06 bits per heavy atom. The second-order valence-corrected chi connectivity index (χ2v) is 4.96. The third kappa shape index (κ3) is 2.54. The number of aromatic nitrogens is 2. The van der Waals surface area contributed by atoms with Crippen molar-refractivity contribution < 1.29 is 4.39 Å². The van der Waals surface area contributed by atoms with Crippen molar-refractivity contribution in [1.29, 1.82) is 0 Å². The highest BCUT2D eigenvalue weighted by atomic mass is 35.5. The van der Waals surface area contributed by atoms with E-state index in [2.05, 4.69) is 15.3 Å². The molecule has 5 heteroatoms. The summed E-state index contributed by atoms with van der Waals surface area (Å²) >= 11 is 5.87. The van der Waals surface area contributed by atoms with Crippen molar-refractivity contribution in [2.75, 3.05) is 0 Å². The highest BCUT2D eigenvalue weighted by Crippen LogP contribution is 2.25. The summed E-state index contributed by atoms with van der Waals surface area (Å²) in [6.45, 7) is 0.687. The lowest BCUT2D eigenvalue weighted by molar-refractivity contribution is 0.630. The smallest absolute Gasteiger partial charge is 0.132 e. The normalized spacial score (nSPS) is 15.0. The number of imidazole rings is 1. The molecule has 0 unspecified atom stereocenters. The maximum atomic E-state index is 13.7. The topological polar surface area (TPSA) is 40.7 Å². The number of nitrogens with one attached hydrogen (secondary N) is 2. The molecule has 0 atom stereocenters. The number of hydrogen-bond acceptors (Lipinski definition) is 2. The molecule has 1 aromatic heterocycles. The van der Waals surface area contributed by atoms with Gasteiger partial charge in [-0.3, -0.25) is 0 Å². The van der Waals surface area contributed by atoms with Crippen molar-refractivity contribution in [3.05, 3.63) is 41.1 Å². The minimum absolute atomic E-state index is 0.301. The van der Waals surface area contributed by atoms with Crippen molar-refractivity contribution in [2.45, 2.75) is 25.4 Å².